The van der Waals surface area contributed by atoms with Gasteiger partial charge in [0.05, 0.1) is 25.6 Å². The van der Waals surface area contributed by atoms with Crippen LogP contribution in [-0.2, 0) is 0 Å². The lowest BCUT2D eigenvalue weighted by molar-refractivity contribution is 0.291. The lowest BCUT2D eigenvalue weighted by atomic mass is 10.0. The van der Waals surface area contributed by atoms with Crippen LogP contribution in [0.1, 0.15) is 64.6 Å². The van der Waals surface area contributed by atoms with Crippen molar-refractivity contribution >= 4 is 26.5 Å². The lowest BCUT2D eigenvalue weighted by Gasteiger charge is -2.34. The number of aromatic nitrogens is 2. The molecule has 0 fully saturated rings. The van der Waals surface area contributed by atoms with E-state index in [1.165, 1.54) is 21.7 Å². The monoisotopic (exact) mass is 600 g/mol. The van der Waals surface area contributed by atoms with E-state index in [4.69, 9.17) is 28.9 Å². The molecule has 218 valence electrons. The van der Waals surface area contributed by atoms with Crippen molar-refractivity contribution in [2.24, 2.45) is 0 Å². The molecule has 0 unspecified atom stereocenters. The van der Waals surface area contributed by atoms with Crippen molar-refractivity contribution in [2.45, 2.75) is 63.5 Å². The molecule has 0 bridgehead atoms. The van der Waals surface area contributed by atoms with Crippen molar-refractivity contribution in [3.8, 4) is 34.4 Å². The first kappa shape index (κ1) is 28.9. The van der Waals surface area contributed by atoms with E-state index in [0.29, 0.717) is 11.8 Å². The van der Waals surface area contributed by atoms with Crippen LogP contribution in [0.15, 0.2) is 72.8 Å². The molecule has 4 heterocycles. The van der Waals surface area contributed by atoms with E-state index in [9.17, 15) is 0 Å². The average Bonchev–Trinajstić information content (AvgIpc) is 3.57. The smallest absolute Gasteiger partial charge is 0.213 e. The highest BCUT2D eigenvalue weighted by Gasteiger charge is 2.48. The zero-order valence-electron chi connectivity index (χ0n) is 25.5. The summed E-state index contributed by atoms with van der Waals surface area (Å²) in [6, 6.07) is 24.8. The molecule has 0 saturated heterocycles. The molecule has 4 atom stereocenters. The molecule has 2 aromatic heterocycles. The standard InChI is InChI=1S/C34H38N2O4P2/c1-33(2,3)41-29-21(13-9-17-25(29)39-31(41)23-15-11-19-27(35-23)37-7)22-14-10-18-26-30(22)42(34(4,5)6)32(40-26)24-16-12-20-28(36-24)38-8/h9-20,31-32H,1-8H3/t31-,32-,41+,42+/m1/s1. The SMILES string of the molecule is COc1cccc([C@@H]2Oc3cccc(-c4cccc5c4[P@](C(C)(C)C)[C@H](c4cccc(OC)n4)O5)c3[P@]2C(C)(C)C)n1. The van der Waals surface area contributed by atoms with Crippen LogP contribution >= 0.6 is 15.8 Å². The third-order valence-corrected chi connectivity index (χ3v) is 14.0. The zero-order valence-corrected chi connectivity index (χ0v) is 27.3. The molecule has 42 heavy (non-hydrogen) atoms. The van der Waals surface area contributed by atoms with Crippen molar-refractivity contribution in [1.82, 2.24) is 9.97 Å². The molecule has 2 aliphatic rings. The second-order valence-electron chi connectivity index (χ2n) is 12.5. The van der Waals surface area contributed by atoms with Crippen molar-refractivity contribution in [3.63, 3.8) is 0 Å². The van der Waals surface area contributed by atoms with Crippen LogP contribution in [0.5, 0.6) is 23.3 Å². The fourth-order valence-corrected chi connectivity index (χ4v) is 12.0. The van der Waals surface area contributed by atoms with Crippen molar-refractivity contribution < 1.29 is 18.9 Å². The third-order valence-electron chi connectivity index (χ3n) is 7.58. The van der Waals surface area contributed by atoms with Crippen molar-refractivity contribution in [1.29, 1.82) is 0 Å². The summed E-state index contributed by atoms with van der Waals surface area (Å²) >= 11 is 0. The Labute approximate surface area is 251 Å². The fraction of sp³-hybridized carbons (Fsp3) is 0.353. The third kappa shape index (κ3) is 5.03. The quantitative estimate of drug-likeness (QED) is 0.216. The van der Waals surface area contributed by atoms with E-state index < -0.39 is 15.8 Å². The average molecular weight is 601 g/mol. The number of pyridine rings is 2. The first-order chi connectivity index (χ1) is 20.0. The van der Waals surface area contributed by atoms with Gasteiger partial charge in [0.15, 0.2) is 11.7 Å². The van der Waals surface area contributed by atoms with Gasteiger partial charge in [0.1, 0.15) is 11.5 Å². The molecule has 2 aliphatic heterocycles. The van der Waals surface area contributed by atoms with E-state index >= 15 is 0 Å². The van der Waals surface area contributed by atoms with Crippen LogP contribution in [0.2, 0.25) is 0 Å². The number of ether oxygens (including phenoxy) is 4. The summed E-state index contributed by atoms with van der Waals surface area (Å²) in [4.78, 5) is 9.63. The summed E-state index contributed by atoms with van der Waals surface area (Å²) in [5.41, 5.74) is 4.24. The maximum absolute atomic E-state index is 6.78. The van der Waals surface area contributed by atoms with Gasteiger partial charge in [-0.25, -0.2) is 9.97 Å². The van der Waals surface area contributed by atoms with Gasteiger partial charge in [-0.05, 0) is 61.5 Å². The number of hydrogen-bond acceptors (Lipinski definition) is 6. The molecule has 6 nitrogen and oxygen atoms in total. The first-order valence-electron chi connectivity index (χ1n) is 14.2. The van der Waals surface area contributed by atoms with Crippen LogP contribution in [0.4, 0.5) is 0 Å². The zero-order chi connectivity index (χ0) is 29.8. The van der Waals surface area contributed by atoms with Crippen molar-refractivity contribution in [2.75, 3.05) is 14.2 Å². The number of rotatable bonds is 5. The number of methoxy groups -OCH3 is 2. The number of fused-ring (bicyclic) bond motifs is 2. The minimum atomic E-state index is -0.817. The predicted molar refractivity (Wildman–Crippen MR) is 173 cm³/mol. The second-order valence-corrected chi connectivity index (χ2v) is 18.5. The molecule has 2 aromatic carbocycles. The van der Waals surface area contributed by atoms with Gasteiger partial charge in [0, 0.05) is 22.7 Å². The molecule has 0 saturated carbocycles. The summed E-state index contributed by atoms with van der Waals surface area (Å²) < 4.78 is 24.5. The molecule has 8 heteroatoms. The molecule has 0 spiro atoms. The highest BCUT2D eigenvalue weighted by atomic mass is 31.1. The van der Waals surface area contributed by atoms with E-state index in [0.717, 1.165) is 22.9 Å². The summed E-state index contributed by atoms with van der Waals surface area (Å²) in [5, 5.41) is 2.50. The molecule has 0 radical (unpaired) electrons. The molecule has 0 N–H and O–H groups in total. The Balaban J connectivity index is 1.52. The Bertz CT molecular complexity index is 1510. The van der Waals surface area contributed by atoms with E-state index in [-0.39, 0.29) is 22.0 Å². The second kappa shape index (κ2) is 10.8. The minimum absolute atomic E-state index is 0.0393. The topological polar surface area (TPSA) is 62.7 Å². The van der Waals surface area contributed by atoms with E-state index in [2.05, 4.69) is 90.1 Å². The van der Waals surface area contributed by atoms with Crippen LogP contribution in [-0.4, -0.2) is 34.5 Å². The fourth-order valence-electron chi connectivity index (χ4n) is 5.87. The Morgan fingerprint density at radius 1 is 0.571 bits per heavy atom. The Morgan fingerprint density at radius 2 is 0.952 bits per heavy atom. The maximum Gasteiger partial charge on any atom is 0.213 e. The van der Waals surface area contributed by atoms with Crippen LogP contribution in [0.25, 0.3) is 11.1 Å². The van der Waals surface area contributed by atoms with Gasteiger partial charge >= 0.3 is 0 Å². The number of nitrogens with zero attached hydrogens (tertiary/aromatic N) is 2. The Hall–Kier alpha value is -3.20. The van der Waals surface area contributed by atoms with Gasteiger partial charge in [-0.1, -0.05) is 77.9 Å². The first-order valence-corrected chi connectivity index (χ1v) is 17.0. The highest BCUT2D eigenvalue weighted by molar-refractivity contribution is 7.69. The van der Waals surface area contributed by atoms with E-state index in [1.807, 2.05) is 24.3 Å². The number of hydrogen-bond donors (Lipinski definition) is 0. The van der Waals surface area contributed by atoms with Gasteiger partial charge in [-0.3, -0.25) is 0 Å². The molecule has 0 amide bonds. The van der Waals surface area contributed by atoms with Gasteiger partial charge in [-0.2, -0.15) is 0 Å². The lowest BCUT2D eigenvalue weighted by Crippen LogP contribution is -2.24. The van der Waals surface area contributed by atoms with Crippen molar-refractivity contribution in [3.05, 3.63) is 84.2 Å². The maximum atomic E-state index is 6.78. The summed E-state index contributed by atoms with van der Waals surface area (Å²) in [7, 11) is 1.67. The molecule has 0 aliphatic carbocycles. The molecule has 4 aromatic rings. The molecular formula is C34H38N2O4P2. The van der Waals surface area contributed by atoms with Gasteiger partial charge in [0.25, 0.3) is 0 Å². The summed E-state index contributed by atoms with van der Waals surface area (Å²) in [5.74, 6) is 2.73. The minimum Gasteiger partial charge on any atom is -0.481 e. The Morgan fingerprint density at radius 3 is 1.31 bits per heavy atom. The van der Waals surface area contributed by atoms with Crippen LogP contribution in [0.3, 0.4) is 0 Å². The predicted octanol–water partition coefficient (Wildman–Crippen LogP) is 8.15. The Kier molecular flexibility index (Phi) is 7.44. The van der Waals surface area contributed by atoms with Gasteiger partial charge < -0.3 is 18.9 Å². The number of benzene rings is 2. The normalized spacial score (nSPS) is 21.2. The van der Waals surface area contributed by atoms with Gasteiger partial charge in [0.2, 0.25) is 11.8 Å². The summed E-state index contributed by atoms with van der Waals surface area (Å²) in [6.45, 7) is 13.9. The van der Waals surface area contributed by atoms with Gasteiger partial charge in [-0.15, -0.1) is 0 Å². The molecular weight excluding hydrogens is 562 g/mol. The van der Waals surface area contributed by atoms with Crippen LogP contribution < -0.4 is 29.6 Å². The summed E-state index contributed by atoms with van der Waals surface area (Å²) in [6.07, 6.45) is 0. The largest absolute Gasteiger partial charge is 0.481 e. The van der Waals surface area contributed by atoms with Crippen LogP contribution in [0, 0.1) is 0 Å². The van der Waals surface area contributed by atoms with E-state index in [1.54, 1.807) is 14.2 Å². The highest BCUT2D eigenvalue weighted by Crippen LogP contribution is 2.68. The molecule has 6 rings (SSSR count).